The van der Waals surface area contributed by atoms with Gasteiger partial charge in [0.2, 0.25) is 0 Å². The fraction of sp³-hybridized carbons (Fsp3) is 0.375. The molecule has 0 unspecified atom stereocenters. The first kappa shape index (κ1) is 15.8. The van der Waals surface area contributed by atoms with Crippen molar-refractivity contribution in [1.82, 2.24) is 9.97 Å². The van der Waals surface area contributed by atoms with Crippen molar-refractivity contribution >= 4 is 33.3 Å². The molecule has 0 aliphatic rings. The highest BCUT2D eigenvalue weighted by Crippen LogP contribution is 2.25. The van der Waals surface area contributed by atoms with Gasteiger partial charge in [-0.25, -0.2) is 9.97 Å². The Bertz CT molecular complexity index is 613. The first-order chi connectivity index (χ1) is 10.2. The van der Waals surface area contributed by atoms with Crippen LogP contribution in [0, 0.1) is 0 Å². The van der Waals surface area contributed by atoms with E-state index in [1.807, 2.05) is 12.1 Å². The van der Waals surface area contributed by atoms with E-state index in [2.05, 4.69) is 69.4 Å². The molecule has 0 saturated heterocycles. The summed E-state index contributed by atoms with van der Waals surface area (Å²) in [6.45, 7) is 7.11. The van der Waals surface area contributed by atoms with Crippen LogP contribution in [0.25, 0.3) is 0 Å². The molecule has 0 fully saturated rings. The van der Waals surface area contributed by atoms with Gasteiger partial charge in [-0.05, 0) is 37.1 Å². The number of aryl methyl sites for hydroxylation is 2. The monoisotopic (exact) mass is 348 g/mol. The average Bonchev–Trinajstić information content (AvgIpc) is 2.49. The van der Waals surface area contributed by atoms with Gasteiger partial charge in [0.25, 0.3) is 0 Å². The summed E-state index contributed by atoms with van der Waals surface area (Å²) in [5, 5.41) is 6.66. The molecule has 21 heavy (non-hydrogen) atoms. The van der Waals surface area contributed by atoms with E-state index in [1.54, 1.807) is 0 Å². The summed E-state index contributed by atoms with van der Waals surface area (Å²) < 4.78 is 1.09. The molecule has 0 spiro atoms. The number of hydrogen-bond acceptors (Lipinski definition) is 4. The molecule has 4 nitrogen and oxygen atoms in total. The number of hydrogen-bond donors (Lipinski definition) is 2. The number of rotatable bonds is 6. The molecule has 2 N–H and O–H groups in total. The van der Waals surface area contributed by atoms with Crippen molar-refractivity contribution in [1.29, 1.82) is 0 Å². The van der Waals surface area contributed by atoms with Crippen LogP contribution in [0.2, 0.25) is 0 Å². The van der Waals surface area contributed by atoms with E-state index in [-0.39, 0.29) is 0 Å². The van der Waals surface area contributed by atoms with Gasteiger partial charge in [0.1, 0.15) is 17.5 Å². The molecule has 112 valence electrons. The third-order valence-electron chi connectivity index (χ3n) is 3.16. The lowest BCUT2D eigenvalue weighted by atomic mass is 10.1. The predicted molar refractivity (Wildman–Crippen MR) is 92.4 cm³/mol. The van der Waals surface area contributed by atoms with Crippen LogP contribution in [0.3, 0.4) is 0 Å². The topological polar surface area (TPSA) is 49.8 Å². The Balaban J connectivity index is 2.32. The molecule has 0 aliphatic heterocycles. The van der Waals surface area contributed by atoms with E-state index in [9.17, 15) is 0 Å². The second kappa shape index (κ2) is 7.41. The Labute approximate surface area is 134 Å². The lowest BCUT2D eigenvalue weighted by molar-refractivity contribution is 0.939. The summed E-state index contributed by atoms with van der Waals surface area (Å²) in [6, 6.07) is 8.19. The van der Waals surface area contributed by atoms with Gasteiger partial charge < -0.3 is 10.6 Å². The zero-order valence-corrected chi connectivity index (χ0v) is 14.3. The Morgan fingerprint density at radius 3 is 2.43 bits per heavy atom. The molecule has 0 bridgehead atoms. The van der Waals surface area contributed by atoms with Crippen LogP contribution < -0.4 is 10.6 Å². The molecule has 0 radical (unpaired) electrons. The van der Waals surface area contributed by atoms with Crippen LogP contribution >= 0.6 is 15.9 Å². The van der Waals surface area contributed by atoms with Crippen molar-refractivity contribution in [2.45, 2.75) is 33.6 Å². The van der Waals surface area contributed by atoms with Gasteiger partial charge in [0.15, 0.2) is 0 Å². The molecule has 0 amide bonds. The van der Waals surface area contributed by atoms with Crippen LogP contribution in [0.5, 0.6) is 0 Å². The Morgan fingerprint density at radius 1 is 1.00 bits per heavy atom. The summed E-state index contributed by atoms with van der Waals surface area (Å²) in [5.74, 6) is 2.53. The van der Waals surface area contributed by atoms with Crippen LogP contribution in [-0.2, 0) is 12.8 Å². The zero-order valence-electron chi connectivity index (χ0n) is 12.7. The largest absolute Gasteiger partial charge is 0.370 e. The maximum Gasteiger partial charge on any atom is 0.136 e. The van der Waals surface area contributed by atoms with E-state index in [4.69, 9.17) is 0 Å². The van der Waals surface area contributed by atoms with Crippen LogP contribution in [0.15, 0.2) is 28.7 Å². The smallest absolute Gasteiger partial charge is 0.136 e. The molecular formula is C16H21BrN4. The maximum absolute atomic E-state index is 4.55. The van der Waals surface area contributed by atoms with Gasteiger partial charge in [-0.15, -0.1) is 0 Å². The van der Waals surface area contributed by atoms with Crippen molar-refractivity contribution < 1.29 is 0 Å². The SMILES string of the molecule is CCNc1cc(Nc2ccc(Br)cc2CC)nc(CC)n1. The van der Waals surface area contributed by atoms with Crippen LogP contribution in [-0.4, -0.2) is 16.5 Å². The van der Waals surface area contributed by atoms with Crippen molar-refractivity contribution in [3.63, 3.8) is 0 Å². The van der Waals surface area contributed by atoms with Gasteiger partial charge in [-0.1, -0.05) is 29.8 Å². The van der Waals surface area contributed by atoms with Crippen molar-refractivity contribution in [3.05, 3.63) is 40.1 Å². The number of nitrogens with zero attached hydrogens (tertiary/aromatic N) is 2. The number of halogens is 1. The van der Waals surface area contributed by atoms with E-state index < -0.39 is 0 Å². The molecular weight excluding hydrogens is 328 g/mol. The lowest BCUT2D eigenvalue weighted by Gasteiger charge is -2.13. The third-order valence-corrected chi connectivity index (χ3v) is 3.65. The summed E-state index contributed by atoms with van der Waals surface area (Å²) in [4.78, 5) is 9.02. The Kier molecular flexibility index (Phi) is 5.56. The number of anilines is 3. The average molecular weight is 349 g/mol. The standard InChI is InChI=1S/C16H21BrN4/c1-4-11-9-12(17)7-8-13(11)19-16-10-15(18-6-3)20-14(5-2)21-16/h7-10H,4-6H2,1-3H3,(H2,18,19,20,21). The minimum absolute atomic E-state index is 0.814. The molecule has 2 rings (SSSR count). The zero-order chi connectivity index (χ0) is 15.2. The number of aromatic nitrogens is 2. The molecule has 1 aromatic carbocycles. The normalized spacial score (nSPS) is 10.5. The number of benzene rings is 1. The van der Waals surface area contributed by atoms with Crippen molar-refractivity contribution in [3.8, 4) is 0 Å². The highest BCUT2D eigenvalue weighted by Gasteiger charge is 2.06. The van der Waals surface area contributed by atoms with E-state index in [0.717, 1.165) is 47.0 Å². The molecule has 0 saturated carbocycles. The molecule has 0 aliphatic carbocycles. The molecule has 2 aromatic rings. The van der Waals surface area contributed by atoms with Gasteiger partial charge in [0.05, 0.1) is 0 Å². The summed E-state index contributed by atoms with van der Waals surface area (Å²) in [5.41, 5.74) is 2.34. The van der Waals surface area contributed by atoms with Gasteiger partial charge >= 0.3 is 0 Å². The highest BCUT2D eigenvalue weighted by atomic mass is 79.9. The van der Waals surface area contributed by atoms with Crippen LogP contribution in [0.1, 0.15) is 32.2 Å². The second-order valence-corrected chi connectivity index (χ2v) is 5.63. The van der Waals surface area contributed by atoms with Gasteiger partial charge in [0, 0.05) is 29.2 Å². The summed E-state index contributed by atoms with van der Waals surface area (Å²) in [6.07, 6.45) is 1.78. The van der Waals surface area contributed by atoms with Crippen molar-refractivity contribution in [2.75, 3.05) is 17.2 Å². The highest BCUT2D eigenvalue weighted by molar-refractivity contribution is 9.10. The first-order valence-electron chi connectivity index (χ1n) is 7.33. The third kappa shape index (κ3) is 4.17. The Morgan fingerprint density at radius 2 is 1.76 bits per heavy atom. The maximum atomic E-state index is 4.55. The van der Waals surface area contributed by atoms with Gasteiger partial charge in [-0.2, -0.15) is 0 Å². The van der Waals surface area contributed by atoms with Crippen molar-refractivity contribution in [2.24, 2.45) is 0 Å². The summed E-state index contributed by atoms with van der Waals surface area (Å²) in [7, 11) is 0. The minimum atomic E-state index is 0.814. The molecule has 1 heterocycles. The van der Waals surface area contributed by atoms with E-state index in [0.29, 0.717) is 0 Å². The first-order valence-corrected chi connectivity index (χ1v) is 8.12. The second-order valence-electron chi connectivity index (χ2n) is 4.72. The minimum Gasteiger partial charge on any atom is -0.370 e. The molecule has 5 heteroatoms. The quantitative estimate of drug-likeness (QED) is 0.804. The summed E-state index contributed by atoms with van der Waals surface area (Å²) >= 11 is 3.51. The Hall–Kier alpha value is -1.62. The van der Waals surface area contributed by atoms with Crippen LogP contribution in [0.4, 0.5) is 17.3 Å². The lowest BCUT2D eigenvalue weighted by Crippen LogP contribution is -2.06. The number of nitrogens with one attached hydrogen (secondary N) is 2. The fourth-order valence-corrected chi connectivity index (χ4v) is 2.51. The van der Waals surface area contributed by atoms with Gasteiger partial charge in [-0.3, -0.25) is 0 Å². The molecule has 1 aromatic heterocycles. The predicted octanol–water partition coefficient (Wildman–Crippen LogP) is 4.54. The van der Waals surface area contributed by atoms with E-state index >= 15 is 0 Å². The molecule has 0 atom stereocenters. The fourth-order valence-electron chi connectivity index (χ4n) is 2.11. The van der Waals surface area contributed by atoms with E-state index in [1.165, 1.54) is 5.56 Å².